The van der Waals surface area contributed by atoms with Gasteiger partial charge in [0.15, 0.2) is 5.82 Å². The van der Waals surface area contributed by atoms with E-state index in [0.29, 0.717) is 24.4 Å². The van der Waals surface area contributed by atoms with Crippen molar-refractivity contribution in [1.82, 2.24) is 25.8 Å². The van der Waals surface area contributed by atoms with Gasteiger partial charge in [-0.25, -0.2) is 9.89 Å². The smallest absolute Gasteiger partial charge is 0.340 e. The fourth-order valence-corrected chi connectivity index (χ4v) is 4.88. The number of hydrogen-bond donors (Lipinski definition) is 4. The number of aromatic amines is 2. The molecule has 0 radical (unpaired) electrons. The fraction of sp³-hybridized carbons (Fsp3) is 0.286. The number of ether oxygens (including phenoxy) is 1. The van der Waals surface area contributed by atoms with E-state index < -0.39 is 12.1 Å². The van der Waals surface area contributed by atoms with Crippen LogP contribution in [-0.2, 0) is 22.6 Å². The molecule has 3 aromatic carbocycles. The van der Waals surface area contributed by atoms with Gasteiger partial charge in [0.05, 0.1) is 19.7 Å². The molecule has 2 atom stereocenters. The SMILES string of the molecule is CN[C@@H](C)C(=O)N[C@H]1CCc2ccccc2N(Cc2c(OC)ccc3cc(-c4n[nH]c(=O)[nH]4)ccc23)C1=O.Cl. The van der Waals surface area contributed by atoms with Crippen molar-refractivity contribution in [3.05, 3.63) is 76.2 Å². The summed E-state index contributed by atoms with van der Waals surface area (Å²) in [6.45, 7) is 2.01. The summed E-state index contributed by atoms with van der Waals surface area (Å²) in [5, 5.41) is 14.1. The Bertz CT molecular complexity index is 1570. The Morgan fingerprint density at radius 1 is 1.18 bits per heavy atom. The van der Waals surface area contributed by atoms with Gasteiger partial charge in [-0.3, -0.25) is 14.6 Å². The minimum atomic E-state index is -0.658. The van der Waals surface area contributed by atoms with Crippen molar-refractivity contribution in [1.29, 1.82) is 0 Å². The second-order valence-corrected chi connectivity index (χ2v) is 9.37. The van der Waals surface area contributed by atoms with Crippen molar-refractivity contribution in [3.8, 4) is 17.1 Å². The molecule has 1 aromatic heterocycles. The molecule has 0 spiro atoms. The van der Waals surface area contributed by atoms with Gasteiger partial charge < -0.3 is 20.3 Å². The number of fused-ring (bicyclic) bond motifs is 2. The first-order valence-electron chi connectivity index (χ1n) is 12.5. The second-order valence-electron chi connectivity index (χ2n) is 9.37. The summed E-state index contributed by atoms with van der Waals surface area (Å²) in [6, 6.07) is 16.3. The highest BCUT2D eigenvalue weighted by Crippen LogP contribution is 2.35. The van der Waals surface area contributed by atoms with Crippen molar-refractivity contribution in [2.45, 2.75) is 38.4 Å². The Hall–Kier alpha value is -4.15. The third-order valence-electron chi connectivity index (χ3n) is 7.09. The number of methoxy groups -OCH3 is 1. The molecule has 5 rings (SSSR count). The van der Waals surface area contributed by atoms with Gasteiger partial charge in [-0.05, 0) is 61.3 Å². The quantitative estimate of drug-likeness (QED) is 0.280. The van der Waals surface area contributed by atoms with E-state index in [2.05, 4.69) is 25.8 Å². The Balaban J connectivity index is 0.00000353. The largest absolute Gasteiger partial charge is 0.496 e. The van der Waals surface area contributed by atoms with Gasteiger partial charge in [0.25, 0.3) is 0 Å². The van der Waals surface area contributed by atoms with Gasteiger partial charge in [-0.2, -0.15) is 5.10 Å². The molecule has 0 aliphatic carbocycles. The number of nitrogens with zero attached hydrogens (tertiary/aromatic N) is 2. The molecule has 1 aliphatic heterocycles. The van der Waals surface area contributed by atoms with E-state index in [1.807, 2.05) is 54.6 Å². The summed E-state index contributed by atoms with van der Waals surface area (Å²) in [5.41, 5.74) is 3.08. The van der Waals surface area contributed by atoms with Crippen LogP contribution in [-0.4, -0.2) is 53.2 Å². The van der Waals surface area contributed by atoms with Crippen LogP contribution in [0.4, 0.5) is 5.69 Å². The van der Waals surface area contributed by atoms with E-state index in [1.54, 1.807) is 26.0 Å². The van der Waals surface area contributed by atoms with E-state index in [4.69, 9.17) is 4.74 Å². The topological polar surface area (TPSA) is 132 Å². The highest BCUT2D eigenvalue weighted by Gasteiger charge is 2.33. The number of hydrogen-bond acceptors (Lipinski definition) is 6. The lowest BCUT2D eigenvalue weighted by Crippen LogP contribution is -2.52. The molecule has 0 bridgehead atoms. The number of H-pyrrole nitrogens is 2. The minimum absolute atomic E-state index is 0. The maximum atomic E-state index is 13.9. The number of carbonyl (C=O) groups is 2. The molecule has 10 nitrogen and oxygen atoms in total. The predicted molar refractivity (Wildman–Crippen MR) is 152 cm³/mol. The number of aryl methyl sites for hydroxylation is 1. The van der Waals surface area contributed by atoms with Gasteiger partial charge in [0.2, 0.25) is 11.8 Å². The van der Waals surface area contributed by atoms with Crippen molar-refractivity contribution in [3.63, 3.8) is 0 Å². The molecule has 2 amide bonds. The number of halogens is 1. The van der Waals surface area contributed by atoms with Crippen LogP contribution >= 0.6 is 12.4 Å². The molecule has 0 saturated heterocycles. The average Bonchev–Trinajstić information content (AvgIpc) is 3.33. The zero-order chi connectivity index (χ0) is 26.8. The summed E-state index contributed by atoms with van der Waals surface area (Å²) in [4.78, 5) is 42.6. The lowest BCUT2D eigenvalue weighted by molar-refractivity contribution is -0.128. The van der Waals surface area contributed by atoms with Crippen LogP contribution in [0.2, 0.25) is 0 Å². The molecule has 2 heterocycles. The van der Waals surface area contributed by atoms with Gasteiger partial charge in [-0.1, -0.05) is 36.4 Å². The van der Waals surface area contributed by atoms with E-state index in [1.165, 1.54) is 0 Å². The number of para-hydroxylation sites is 1. The number of aromatic nitrogens is 3. The molecular weight excluding hydrogens is 520 g/mol. The first kappa shape index (κ1) is 27.9. The lowest BCUT2D eigenvalue weighted by atomic mass is 10.00. The summed E-state index contributed by atoms with van der Waals surface area (Å²) in [7, 11) is 3.32. The maximum Gasteiger partial charge on any atom is 0.340 e. The van der Waals surface area contributed by atoms with Crippen molar-refractivity contribution < 1.29 is 14.3 Å². The number of carbonyl (C=O) groups excluding carboxylic acids is 2. The molecular formula is C28H31ClN6O4. The monoisotopic (exact) mass is 550 g/mol. The number of amides is 2. The van der Waals surface area contributed by atoms with E-state index in [9.17, 15) is 14.4 Å². The normalized spacial score (nSPS) is 15.7. The van der Waals surface area contributed by atoms with Crippen LogP contribution in [0.5, 0.6) is 5.75 Å². The predicted octanol–water partition coefficient (Wildman–Crippen LogP) is 2.92. The first-order chi connectivity index (χ1) is 18.4. The zero-order valence-corrected chi connectivity index (χ0v) is 22.7. The molecule has 39 heavy (non-hydrogen) atoms. The van der Waals surface area contributed by atoms with Crippen molar-refractivity contribution in [2.24, 2.45) is 0 Å². The summed E-state index contributed by atoms with van der Waals surface area (Å²) >= 11 is 0. The average molecular weight is 551 g/mol. The standard InChI is InChI=1S/C28H30N6O4.ClH/c1-16(29-2)26(35)30-22-12-9-17-6-4-5-7-23(17)34(27(22)36)15-21-20-11-8-19(25-31-28(37)33-32-25)14-18(20)10-13-24(21)38-3;/h4-8,10-11,13-14,16,22,29H,9,12,15H2,1-3H3,(H,30,35)(H2,31,32,33,37);1H/t16-,22-;/m0./s1. The zero-order valence-electron chi connectivity index (χ0n) is 21.9. The van der Waals surface area contributed by atoms with Gasteiger partial charge in [0.1, 0.15) is 11.8 Å². The lowest BCUT2D eigenvalue weighted by Gasteiger charge is -2.28. The Labute approximate surface area is 231 Å². The number of benzene rings is 3. The Morgan fingerprint density at radius 2 is 1.97 bits per heavy atom. The van der Waals surface area contributed by atoms with Crippen molar-refractivity contribution >= 4 is 40.7 Å². The number of likely N-dealkylation sites (N-methyl/N-ethyl adjacent to an activating group) is 1. The number of rotatable bonds is 7. The molecule has 1 aliphatic rings. The molecule has 4 aromatic rings. The summed E-state index contributed by atoms with van der Waals surface area (Å²) in [6.07, 6.45) is 1.17. The van der Waals surface area contributed by atoms with Gasteiger partial charge >= 0.3 is 5.69 Å². The van der Waals surface area contributed by atoms with Crippen LogP contribution in [0.25, 0.3) is 22.2 Å². The van der Waals surface area contributed by atoms with Crippen LogP contribution in [0.15, 0.2) is 59.4 Å². The van der Waals surface area contributed by atoms with Gasteiger partial charge in [0, 0.05) is 16.8 Å². The third-order valence-corrected chi connectivity index (χ3v) is 7.09. The highest BCUT2D eigenvalue weighted by atomic mass is 35.5. The maximum absolute atomic E-state index is 13.9. The highest BCUT2D eigenvalue weighted by molar-refractivity contribution is 6.02. The number of nitrogens with one attached hydrogen (secondary N) is 4. The number of anilines is 1. The molecule has 0 fully saturated rings. The van der Waals surface area contributed by atoms with E-state index in [0.717, 1.165) is 33.2 Å². The molecule has 11 heteroatoms. The Morgan fingerprint density at radius 3 is 2.69 bits per heavy atom. The van der Waals surface area contributed by atoms with Crippen molar-refractivity contribution in [2.75, 3.05) is 19.1 Å². The second kappa shape index (κ2) is 11.7. The van der Waals surface area contributed by atoms with Crippen LogP contribution in [0.1, 0.15) is 24.5 Å². The van der Waals surface area contributed by atoms with Gasteiger partial charge in [-0.15, -0.1) is 12.4 Å². The van der Waals surface area contributed by atoms with E-state index >= 15 is 0 Å². The fourth-order valence-electron chi connectivity index (χ4n) is 4.88. The molecule has 0 unspecified atom stereocenters. The molecule has 0 saturated carbocycles. The first-order valence-corrected chi connectivity index (χ1v) is 12.5. The van der Waals surface area contributed by atoms with Crippen LogP contribution in [0, 0.1) is 0 Å². The Kier molecular flexibility index (Phi) is 8.37. The molecule has 4 N–H and O–H groups in total. The minimum Gasteiger partial charge on any atom is -0.496 e. The van der Waals surface area contributed by atoms with E-state index in [-0.39, 0.29) is 36.5 Å². The molecule has 204 valence electrons. The third kappa shape index (κ3) is 5.52. The van der Waals surface area contributed by atoms with Crippen LogP contribution < -0.4 is 26.0 Å². The summed E-state index contributed by atoms with van der Waals surface area (Å²) in [5.74, 6) is 0.706. The van der Waals surface area contributed by atoms with Crippen LogP contribution in [0.3, 0.4) is 0 Å². The summed E-state index contributed by atoms with van der Waals surface area (Å²) < 4.78 is 5.72.